The molecule has 0 aromatic carbocycles. The molecular weight excluding hydrogens is 93.0 g/mol. The molecule has 0 aliphatic heterocycles. The predicted molar refractivity (Wildman–Crippen MR) is 38.3 cm³/mol. The van der Waals surface area contributed by atoms with E-state index in [0.29, 0.717) is 0 Å². The Morgan fingerprint density at radius 3 is 1.88 bits per heavy atom. The fraction of sp³-hybridized carbons (Fsp3) is 1.00. The van der Waals surface area contributed by atoms with E-state index in [2.05, 4.69) is 36.5 Å². The van der Waals surface area contributed by atoms with Crippen molar-refractivity contribution in [1.29, 1.82) is 0 Å². The van der Waals surface area contributed by atoms with E-state index in [1.54, 1.807) is 0 Å². The molecule has 0 aromatic heterocycles. The summed E-state index contributed by atoms with van der Waals surface area (Å²) in [6, 6.07) is 0. The van der Waals surface area contributed by atoms with Gasteiger partial charge in [0.2, 0.25) is 0 Å². The summed E-state index contributed by atoms with van der Waals surface area (Å²) in [5, 5.41) is 1.28. The molecule has 0 aliphatic carbocycles. The molecule has 0 bridgehead atoms. The fourth-order valence-electron chi connectivity index (χ4n) is 0.856. The molecule has 0 atom stereocenters. The van der Waals surface area contributed by atoms with Crippen LogP contribution in [-0.2, 0) is 0 Å². The molecule has 44 valence electrons. The van der Waals surface area contributed by atoms with Crippen molar-refractivity contribution in [2.45, 2.75) is 18.9 Å². The number of nitrogens with zero attached hydrogens (tertiary/aromatic N) is 1. The van der Waals surface area contributed by atoms with E-state index >= 15 is 0 Å². The van der Waals surface area contributed by atoms with E-state index in [1.807, 2.05) is 0 Å². The number of hydrogen-bond donors (Lipinski definition) is 0. The second kappa shape index (κ2) is 5.69. The van der Waals surface area contributed by atoms with Crippen molar-refractivity contribution >= 4 is 17.7 Å². The molecule has 2 heteroatoms. The Morgan fingerprint density at radius 2 is 1.75 bits per heavy atom. The molecule has 1 nitrogen and oxygen atoms in total. The summed E-state index contributed by atoms with van der Waals surface area (Å²) < 4.78 is 0. The third-order valence-corrected chi connectivity index (χ3v) is 1.43. The summed E-state index contributed by atoms with van der Waals surface area (Å²) in [5.41, 5.74) is 0. The second-order valence-electron chi connectivity index (χ2n) is 2.03. The van der Waals surface area contributed by atoms with Gasteiger partial charge in [-0.25, -0.2) is 0 Å². The first kappa shape index (κ1) is 8.56. The van der Waals surface area contributed by atoms with Crippen molar-refractivity contribution in [3.05, 3.63) is 0 Å². The van der Waals surface area contributed by atoms with Crippen LogP contribution in [0.5, 0.6) is 0 Å². The minimum atomic E-state index is 1.20. The van der Waals surface area contributed by atoms with Crippen LogP contribution in [0.25, 0.3) is 0 Å². The van der Waals surface area contributed by atoms with Crippen molar-refractivity contribution < 1.29 is 0 Å². The first-order chi connectivity index (χ1) is 3.85. The molecule has 0 aliphatic rings. The van der Waals surface area contributed by atoms with Gasteiger partial charge in [0.15, 0.2) is 0 Å². The van der Waals surface area contributed by atoms with Crippen molar-refractivity contribution in [3.63, 3.8) is 0 Å². The molecular formula is C6H14LiN. The standard InChI is InChI=1S/C6H14N.Li/c1-4-7(5-2)6-3;/h1,4-6H2,2-3H3;. The van der Waals surface area contributed by atoms with Gasteiger partial charge < -0.3 is 0 Å². The summed E-state index contributed by atoms with van der Waals surface area (Å²) >= 11 is 2.22. The monoisotopic (exact) mass is 107 g/mol. The SMILES string of the molecule is [Li][CH2]CN(CC)CC. The topological polar surface area (TPSA) is 3.24 Å². The number of hydrogen-bond acceptors (Lipinski definition) is 1. The van der Waals surface area contributed by atoms with Crippen LogP contribution in [0.1, 0.15) is 13.8 Å². The molecule has 0 radical (unpaired) electrons. The van der Waals surface area contributed by atoms with Crippen LogP contribution in [0.15, 0.2) is 0 Å². The Labute approximate surface area is 61.6 Å². The average molecular weight is 107 g/mol. The summed E-state index contributed by atoms with van der Waals surface area (Å²) in [7, 11) is 0. The Balaban J connectivity index is 3.07. The first-order valence-corrected chi connectivity index (χ1v) is 3.57. The fourth-order valence-corrected chi connectivity index (χ4v) is 0.856. The van der Waals surface area contributed by atoms with Gasteiger partial charge in [0.1, 0.15) is 0 Å². The molecule has 0 rings (SSSR count). The van der Waals surface area contributed by atoms with Crippen molar-refractivity contribution in [2.24, 2.45) is 0 Å². The van der Waals surface area contributed by atoms with Gasteiger partial charge in [0, 0.05) is 0 Å². The summed E-state index contributed by atoms with van der Waals surface area (Å²) in [4.78, 5) is 2.43. The predicted octanol–water partition coefficient (Wildman–Crippen LogP) is 0.915. The van der Waals surface area contributed by atoms with Crippen LogP contribution in [0.3, 0.4) is 0 Å². The van der Waals surface area contributed by atoms with Crippen LogP contribution in [0.2, 0.25) is 5.09 Å². The molecule has 0 saturated carbocycles. The van der Waals surface area contributed by atoms with Crippen LogP contribution >= 0.6 is 0 Å². The van der Waals surface area contributed by atoms with Crippen molar-refractivity contribution in [3.8, 4) is 0 Å². The van der Waals surface area contributed by atoms with Crippen LogP contribution in [0, 0.1) is 0 Å². The van der Waals surface area contributed by atoms with E-state index in [0.717, 1.165) is 0 Å². The van der Waals surface area contributed by atoms with Gasteiger partial charge in [0.25, 0.3) is 0 Å². The third-order valence-electron chi connectivity index (χ3n) is 1.43. The maximum atomic E-state index is 2.43. The molecule has 8 heavy (non-hydrogen) atoms. The van der Waals surface area contributed by atoms with Gasteiger partial charge >= 0.3 is 61.2 Å². The molecule has 0 saturated heterocycles. The van der Waals surface area contributed by atoms with E-state index < -0.39 is 0 Å². The van der Waals surface area contributed by atoms with E-state index in [4.69, 9.17) is 0 Å². The Hall–Kier alpha value is 0.557. The zero-order valence-electron chi connectivity index (χ0n) is 6.28. The van der Waals surface area contributed by atoms with Crippen molar-refractivity contribution in [2.75, 3.05) is 19.6 Å². The van der Waals surface area contributed by atoms with Gasteiger partial charge in [-0.3, -0.25) is 0 Å². The second-order valence-corrected chi connectivity index (χ2v) is 2.03. The molecule has 0 aromatic rings. The van der Waals surface area contributed by atoms with Gasteiger partial charge in [-0.1, -0.05) is 0 Å². The van der Waals surface area contributed by atoms with Gasteiger partial charge in [-0.05, 0) is 0 Å². The zero-order chi connectivity index (χ0) is 6.41. The normalized spacial score (nSPS) is 10.6. The minimum absolute atomic E-state index is 1.20. The molecule has 0 N–H and O–H groups in total. The van der Waals surface area contributed by atoms with E-state index in [9.17, 15) is 0 Å². The Morgan fingerprint density at radius 1 is 1.25 bits per heavy atom. The van der Waals surface area contributed by atoms with E-state index in [-0.39, 0.29) is 0 Å². The van der Waals surface area contributed by atoms with Crippen molar-refractivity contribution in [1.82, 2.24) is 4.90 Å². The molecule has 0 spiro atoms. The molecule has 0 unspecified atom stereocenters. The van der Waals surface area contributed by atoms with E-state index in [1.165, 1.54) is 24.7 Å². The summed E-state index contributed by atoms with van der Waals surface area (Å²) in [5.74, 6) is 0. The van der Waals surface area contributed by atoms with Crippen LogP contribution < -0.4 is 0 Å². The third kappa shape index (κ3) is 3.55. The maximum absolute atomic E-state index is 2.43. The van der Waals surface area contributed by atoms with Crippen LogP contribution in [0.4, 0.5) is 0 Å². The van der Waals surface area contributed by atoms with Crippen LogP contribution in [-0.4, -0.2) is 42.2 Å². The molecule has 0 heterocycles. The van der Waals surface area contributed by atoms with Gasteiger partial charge in [-0.2, -0.15) is 0 Å². The molecule has 0 amide bonds. The summed E-state index contributed by atoms with van der Waals surface area (Å²) in [6.45, 7) is 8.07. The van der Waals surface area contributed by atoms with Gasteiger partial charge in [0.05, 0.1) is 0 Å². The Kier molecular flexibility index (Phi) is 6.09. The Bertz CT molecular complexity index is 43.8. The first-order valence-electron chi connectivity index (χ1n) is 3.57. The van der Waals surface area contributed by atoms with Gasteiger partial charge in [-0.15, -0.1) is 0 Å². The number of rotatable bonds is 4. The molecule has 0 fully saturated rings. The summed E-state index contributed by atoms with van der Waals surface area (Å²) in [6.07, 6.45) is 0. The quantitative estimate of drug-likeness (QED) is 0.483. The zero-order valence-corrected chi connectivity index (χ0v) is 6.28. The average Bonchev–Trinajstić information content (AvgIpc) is 1.83.